The van der Waals surface area contributed by atoms with E-state index in [1.807, 2.05) is 0 Å². The van der Waals surface area contributed by atoms with Gasteiger partial charge in [0, 0.05) is 18.0 Å². The lowest BCUT2D eigenvalue weighted by Crippen LogP contribution is -2.42. The third-order valence-corrected chi connectivity index (χ3v) is 6.93. The summed E-state index contributed by atoms with van der Waals surface area (Å²) in [5, 5.41) is 64.6. The second-order valence-corrected chi connectivity index (χ2v) is 11.6. The van der Waals surface area contributed by atoms with Crippen LogP contribution in [-0.2, 0) is 36.6 Å². The van der Waals surface area contributed by atoms with Crippen molar-refractivity contribution < 1.29 is 82.5 Å². The second-order valence-electron chi connectivity index (χ2n) is 10.7. The molecule has 22 heteroatoms. The Kier molecular flexibility index (Phi) is 19.4. The van der Waals surface area contributed by atoms with Crippen LogP contribution in [0.25, 0.3) is 0 Å². The van der Waals surface area contributed by atoms with Crippen molar-refractivity contribution in [2.45, 2.75) is 56.8 Å². The number of carbonyl (C=O) groups is 6. The number of amides is 2. The fourth-order valence-corrected chi connectivity index (χ4v) is 4.36. The molecule has 2 aromatic carbocycles. The largest absolute Gasteiger partial charge is 0.631 e. The maximum Gasteiger partial charge on any atom is 0.631 e. The molecule has 2 amide bonds. The first-order valence-corrected chi connectivity index (χ1v) is 14.9. The zero-order valence-corrected chi connectivity index (χ0v) is 28.0. The van der Waals surface area contributed by atoms with Gasteiger partial charge in [0.15, 0.2) is 5.60 Å². The molecule has 10 N–H and O–H groups in total. The quantitative estimate of drug-likeness (QED) is 0.124. The average Bonchev–Trinajstić information content (AvgIpc) is 2.98. The zero-order chi connectivity index (χ0) is 39.9. The molecule has 0 aliphatic heterocycles. The Balaban J connectivity index is 0.00000122. The first-order chi connectivity index (χ1) is 23.3. The van der Waals surface area contributed by atoms with E-state index in [0.717, 1.165) is 17.0 Å². The Hall–Kier alpha value is -4.31. The number of carbonyl (C=O) groups excluding carboxylic acids is 2. The number of aliphatic hydroxyl groups is 1. The van der Waals surface area contributed by atoms with E-state index in [2.05, 4.69) is 0 Å². The SMILES string of the molecule is CC(C[C@@H](N)C(=O)O)CN(C(=O)CCc1ccc(C(F)(F)F)cc1)C(=O)c1cc(Cl)ccc1Cl.O=C(O)CC(O)(CC(=O)O)C(=O)O.OB(O)O. The molecule has 282 valence electrons. The van der Waals surface area contributed by atoms with Gasteiger partial charge >= 0.3 is 37.4 Å². The Labute approximate surface area is 297 Å². The topological polar surface area (TPSA) is 294 Å². The van der Waals surface area contributed by atoms with Crippen molar-refractivity contribution in [2.24, 2.45) is 11.7 Å². The van der Waals surface area contributed by atoms with Crippen molar-refractivity contribution in [2.75, 3.05) is 6.54 Å². The van der Waals surface area contributed by atoms with Crippen LogP contribution in [0.1, 0.15) is 54.1 Å². The Morgan fingerprint density at radius 2 is 1.37 bits per heavy atom. The van der Waals surface area contributed by atoms with Gasteiger partial charge in [0.25, 0.3) is 5.91 Å². The van der Waals surface area contributed by atoms with Crippen LogP contribution >= 0.6 is 23.2 Å². The summed E-state index contributed by atoms with van der Waals surface area (Å²) in [6, 6.07) is 7.40. The molecule has 0 heterocycles. The predicted molar refractivity (Wildman–Crippen MR) is 171 cm³/mol. The summed E-state index contributed by atoms with van der Waals surface area (Å²) in [7, 11) is -2.17. The van der Waals surface area contributed by atoms with Crippen LogP contribution in [0.5, 0.6) is 0 Å². The van der Waals surface area contributed by atoms with Gasteiger partial charge in [0.1, 0.15) is 6.04 Å². The summed E-state index contributed by atoms with van der Waals surface area (Å²) >= 11 is 12.1. The lowest BCUT2D eigenvalue weighted by molar-refractivity contribution is -0.170. The van der Waals surface area contributed by atoms with Crippen LogP contribution in [0.2, 0.25) is 10.0 Å². The highest BCUT2D eigenvalue weighted by Gasteiger charge is 2.40. The first-order valence-electron chi connectivity index (χ1n) is 14.2. The molecule has 51 heavy (non-hydrogen) atoms. The maximum absolute atomic E-state index is 13.2. The molecule has 1 unspecified atom stereocenters. The van der Waals surface area contributed by atoms with Crippen LogP contribution < -0.4 is 5.73 Å². The molecule has 0 aromatic heterocycles. The average molecular weight is 773 g/mol. The first kappa shape index (κ1) is 46.7. The number of halogens is 5. The highest BCUT2D eigenvalue weighted by Crippen LogP contribution is 2.29. The number of nitrogens with two attached hydrogens (primary N) is 1. The van der Waals surface area contributed by atoms with Gasteiger partial charge in [-0.15, -0.1) is 0 Å². The minimum atomic E-state index is -4.47. The van der Waals surface area contributed by atoms with E-state index < -0.39 is 85.2 Å². The molecule has 0 fully saturated rings. The summed E-state index contributed by atoms with van der Waals surface area (Å²) in [5.41, 5.74) is 2.50. The summed E-state index contributed by atoms with van der Waals surface area (Å²) in [6.45, 7) is 1.51. The number of aliphatic carboxylic acids is 4. The van der Waals surface area contributed by atoms with Crippen LogP contribution in [-0.4, -0.2) is 107 Å². The van der Waals surface area contributed by atoms with Gasteiger partial charge in [0.2, 0.25) is 5.91 Å². The van der Waals surface area contributed by atoms with Gasteiger partial charge in [0.05, 0.1) is 29.0 Å². The summed E-state index contributed by atoms with van der Waals surface area (Å²) < 4.78 is 38.2. The van der Waals surface area contributed by atoms with Crippen molar-refractivity contribution >= 4 is 66.2 Å². The Bertz CT molecular complexity index is 1510. The lowest BCUT2D eigenvalue weighted by Gasteiger charge is -2.26. The van der Waals surface area contributed by atoms with Crippen molar-refractivity contribution in [1.82, 2.24) is 4.90 Å². The number of nitrogens with zero attached hydrogens (tertiary/aromatic N) is 1. The maximum atomic E-state index is 13.2. The molecular weight excluding hydrogens is 739 g/mol. The highest BCUT2D eigenvalue weighted by atomic mass is 35.5. The van der Waals surface area contributed by atoms with E-state index in [9.17, 15) is 41.9 Å². The molecule has 0 aliphatic rings. The Morgan fingerprint density at radius 3 is 1.78 bits per heavy atom. The van der Waals surface area contributed by atoms with E-state index in [-0.39, 0.29) is 41.4 Å². The minimum absolute atomic E-state index is 0.00761. The number of rotatable bonds is 14. The smallest absolute Gasteiger partial charge is 0.481 e. The molecule has 2 rings (SSSR count). The predicted octanol–water partition coefficient (Wildman–Crippen LogP) is 1.75. The standard InChI is InChI=1S/C23H23Cl2F3N2O4.C6H8O7.BH3O3/c1-13(10-19(29)22(33)34)12-30(21(32)17-11-16(24)7-8-18(17)25)20(31)9-4-14-2-5-15(6-3-14)23(26,27)28;7-3(8)1-6(13,5(11)12)2-4(9)10;2-1(3)4/h2-3,5-8,11,13,19H,4,9-10,12,29H2,1H3,(H,33,34);13H,1-2H2,(H,7,8)(H,9,10)(H,11,12);2-4H/t13?,19-;;/m1../s1. The molecule has 2 atom stereocenters. The fourth-order valence-electron chi connectivity index (χ4n) is 3.99. The highest BCUT2D eigenvalue weighted by molar-refractivity contribution is 6.36. The van der Waals surface area contributed by atoms with E-state index in [1.165, 1.54) is 30.3 Å². The molecule has 0 saturated carbocycles. The summed E-state index contributed by atoms with van der Waals surface area (Å²) in [6.07, 6.45) is -6.83. The molecule has 2 aromatic rings. The van der Waals surface area contributed by atoms with E-state index in [4.69, 9.17) is 69.5 Å². The van der Waals surface area contributed by atoms with Crippen LogP contribution in [0, 0.1) is 5.92 Å². The van der Waals surface area contributed by atoms with Gasteiger partial charge in [-0.1, -0.05) is 42.3 Å². The number of aryl methyl sites for hydroxylation is 1. The van der Waals surface area contributed by atoms with Gasteiger partial charge in [-0.05, 0) is 54.7 Å². The third-order valence-electron chi connectivity index (χ3n) is 6.37. The second kappa shape index (κ2) is 21.2. The summed E-state index contributed by atoms with van der Waals surface area (Å²) in [5.74, 6) is -8.01. The van der Waals surface area contributed by atoms with Gasteiger partial charge < -0.3 is 46.3 Å². The van der Waals surface area contributed by atoms with Gasteiger partial charge in [-0.3, -0.25) is 28.9 Å². The molecule has 0 spiro atoms. The summed E-state index contributed by atoms with van der Waals surface area (Å²) in [4.78, 5) is 68.7. The number of imide groups is 1. The van der Waals surface area contributed by atoms with Crippen LogP contribution in [0.3, 0.4) is 0 Å². The molecule has 0 bridgehead atoms. The van der Waals surface area contributed by atoms with Crippen molar-refractivity contribution in [3.05, 3.63) is 69.2 Å². The number of benzene rings is 2. The van der Waals surface area contributed by atoms with Crippen molar-refractivity contribution in [1.29, 1.82) is 0 Å². The van der Waals surface area contributed by atoms with Gasteiger partial charge in [-0.25, -0.2) is 4.79 Å². The third kappa shape index (κ3) is 18.0. The van der Waals surface area contributed by atoms with Crippen LogP contribution in [0.4, 0.5) is 13.2 Å². The van der Waals surface area contributed by atoms with E-state index in [0.29, 0.717) is 5.56 Å². The normalized spacial score (nSPS) is 12.1. The molecule has 0 saturated heterocycles. The number of carboxylic acids is 4. The number of hydrogen-bond donors (Lipinski definition) is 9. The lowest BCUT2D eigenvalue weighted by atomic mass is 9.96. The van der Waals surface area contributed by atoms with Crippen molar-refractivity contribution in [3.63, 3.8) is 0 Å². The number of alkyl halides is 3. The molecule has 16 nitrogen and oxygen atoms in total. The zero-order valence-electron chi connectivity index (χ0n) is 26.5. The number of hydrogen-bond acceptors (Lipinski definition) is 11. The molecular formula is C29H34BCl2F3N2O14. The Morgan fingerprint density at radius 1 is 0.882 bits per heavy atom. The number of carboxylic acid groups (broad SMARTS) is 4. The molecule has 0 aliphatic carbocycles. The van der Waals surface area contributed by atoms with E-state index >= 15 is 0 Å². The fraction of sp³-hybridized carbons (Fsp3) is 0.379. The molecule has 0 radical (unpaired) electrons. The van der Waals surface area contributed by atoms with Crippen LogP contribution in [0.15, 0.2) is 42.5 Å². The van der Waals surface area contributed by atoms with E-state index in [1.54, 1.807) is 6.92 Å². The van der Waals surface area contributed by atoms with Crippen molar-refractivity contribution in [3.8, 4) is 0 Å². The monoisotopic (exact) mass is 772 g/mol. The van der Waals surface area contributed by atoms with Gasteiger partial charge in [-0.2, -0.15) is 13.2 Å². The minimum Gasteiger partial charge on any atom is -0.481 e.